The highest BCUT2D eigenvalue weighted by molar-refractivity contribution is 5.71. The summed E-state index contributed by atoms with van der Waals surface area (Å²) in [5.74, 6) is 0.345. The summed E-state index contributed by atoms with van der Waals surface area (Å²) in [7, 11) is 1.93. The largest absolute Gasteiger partial charge is 0.482 e. The lowest BCUT2D eigenvalue weighted by molar-refractivity contribution is -0.145. The molecule has 1 rings (SSSR count). The van der Waals surface area contributed by atoms with E-state index in [0.717, 1.165) is 13.0 Å². The Kier molecular flexibility index (Phi) is 6.10. The fraction of sp³-hybridized carbons (Fsp3) is 0.462. The second kappa shape index (κ2) is 7.68. The third-order valence-electron chi connectivity index (χ3n) is 2.25. The Hall–Kier alpha value is -1.55. The second-order valence-corrected chi connectivity index (χ2v) is 3.59. The van der Waals surface area contributed by atoms with Crippen molar-refractivity contribution in [1.29, 1.82) is 0 Å². The van der Waals surface area contributed by atoms with Gasteiger partial charge < -0.3 is 14.8 Å². The molecule has 0 aromatic heterocycles. The summed E-state index contributed by atoms with van der Waals surface area (Å²) in [6.45, 7) is 3.06. The molecule has 4 heteroatoms. The van der Waals surface area contributed by atoms with Crippen molar-refractivity contribution in [3.05, 3.63) is 29.8 Å². The molecule has 1 aromatic carbocycles. The first-order chi connectivity index (χ1) is 8.26. The zero-order valence-corrected chi connectivity index (χ0v) is 10.4. The highest BCUT2D eigenvalue weighted by atomic mass is 16.6. The van der Waals surface area contributed by atoms with E-state index < -0.39 is 0 Å². The normalized spacial score (nSPS) is 10.0. The minimum Gasteiger partial charge on any atom is -0.482 e. The molecule has 1 N–H and O–H groups in total. The van der Waals surface area contributed by atoms with Crippen LogP contribution in [0.3, 0.4) is 0 Å². The van der Waals surface area contributed by atoms with Crippen molar-refractivity contribution < 1.29 is 14.3 Å². The van der Waals surface area contributed by atoms with E-state index in [9.17, 15) is 4.79 Å². The zero-order valence-electron chi connectivity index (χ0n) is 10.4. The second-order valence-electron chi connectivity index (χ2n) is 3.59. The fourth-order valence-corrected chi connectivity index (χ4v) is 1.37. The van der Waals surface area contributed by atoms with E-state index in [4.69, 9.17) is 9.47 Å². The average Bonchev–Trinajstić information content (AvgIpc) is 2.35. The smallest absolute Gasteiger partial charge is 0.344 e. The molecule has 0 saturated heterocycles. The van der Waals surface area contributed by atoms with Crippen LogP contribution in [-0.2, 0) is 16.0 Å². The topological polar surface area (TPSA) is 47.6 Å². The first-order valence-corrected chi connectivity index (χ1v) is 5.78. The third kappa shape index (κ3) is 5.36. The molecule has 0 unspecified atom stereocenters. The number of rotatable bonds is 7. The van der Waals surface area contributed by atoms with Crippen LogP contribution in [0.5, 0.6) is 5.75 Å². The summed E-state index contributed by atoms with van der Waals surface area (Å²) in [6.07, 6.45) is 0.981. The molecule has 0 bridgehead atoms. The Morgan fingerprint density at radius 2 is 2.00 bits per heavy atom. The summed E-state index contributed by atoms with van der Waals surface area (Å²) >= 11 is 0. The lowest BCUT2D eigenvalue weighted by Crippen LogP contribution is -2.14. The molecule has 94 valence electrons. The van der Waals surface area contributed by atoms with E-state index in [-0.39, 0.29) is 12.6 Å². The molecular weight excluding hydrogens is 218 g/mol. The van der Waals surface area contributed by atoms with Crippen LogP contribution in [0.2, 0.25) is 0 Å². The van der Waals surface area contributed by atoms with Crippen LogP contribution in [0, 0.1) is 0 Å². The zero-order chi connectivity index (χ0) is 12.5. The summed E-state index contributed by atoms with van der Waals surface area (Å²) in [5, 5.41) is 3.09. The van der Waals surface area contributed by atoms with Crippen molar-refractivity contribution >= 4 is 5.97 Å². The van der Waals surface area contributed by atoms with Gasteiger partial charge in [-0.05, 0) is 44.6 Å². The van der Waals surface area contributed by atoms with E-state index in [1.165, 1.54) is 5.56 Å². The van der Waals surface area contributed by atoms with Crippen LogP contribution in [0.15, 0.2) is 24.3 Å². The fourth-order valence-electron chi connectivity index (χ4n) is 1.37. The quantitative estimate of drug-likeness (QED) is 0.728. The number of carbonyl (C=O) groups excluding carboxylic acids is 1. The minimum atomic E-state index is -0.341. The predicted molar refractivity (Wildman–Crippen MR) is 66.2 cm³/mol. The predicted octanol–water partition coefficient (Wildman–Crippen LogP) is 1.39. The van der Waals surface area contributed by atoms with E-state index in [1.54, 1.807) is 6.92 Å². The first-order valence-electron chi connectivity index (χ1n) is 5.78. The molecular formula is C13H19NO3. The van der Waals surface area contributed by atoms with Crippen LogP contribution in [-0.4, -0.2) is 32.8 Å². The Balaban J connectivity index is 2.37. The van der Waals surface area contributed by atoms with Crippen molar-refractivity contribution in [2.24, 2.45) is 0 Å². The van der Waals surface area contributed by atoms with Gasteiger partial charge in [-0.1, -0.05) is 12.1 Å². The molecule has 0 aliphatic carbocycles. The van der Waals surface area contributed by atoms with Gasteiger partial charge in [-0.3, -0.25) is 0 Å². The van der Waals surface area contributed by atoms with Crippen LogP contribution in [0.25, 0.3) is 0 Å². The molecule has 0 aliphatic rings. The molecule has 0 atom stereocenters. The van der Waals surface area contributed by atoms with E-state index in [1.807, 2.05) is 31.3 Å². The summed E-state index contributed by atoms with van der Waals surface area (Å²) in [5.41, 5.74) is 1.24. The number of likely N-dealkylation sites (N-methyl/N-ethyl adjacent to an activating group) is 1. The first kappa shape index (κ1) is 13.5. The highest BCUT2D eigenvalue weighted by Gasteiger charge is 2.02. The Morgan fingerprint density at radius 3 is 2.59 bits per heavy atom. The number of carbonyl (C=O) groups is 1. The van der Waals surface area contributed by atoms with E-state index in [2.05, 4.69) is 5.32 Å². The van der Waals surface area contributed by atoms with Gasteiger partial charge in [0.05, 0.1) is 6.61 Å². The lowest BCUT2D eigenvalue weighted by atomic mass is 10.1. The molecule has 0 heterocycles. The molecule has 4 nitrogen and oxygen atoms in total. The molecule has 0 saturated carbocycles. The SMILES string of the molecule is CCOC(=O)COc1ccc(CCNC)cc1. The number of hydrogen-bond acceptors (Lipinski definition) is 4. The van der Waals surface area contributed by atoms with Crippen LogP contribution in [0.4, 0.5) is 0 Å². The molecule has 17 heavy (non-hydrogen) atoms. The van der Waals surface area contributed by atoms with Crippen molar-refractivity contribution in [2.75, 3.05) is 26.8 Å². The van der Waals surface area contributed by atoms with E-state index >= 15 is 0 Å². The van der Waals surface area contributed by atoms with Crippen molar-refractivity contribution in [3.8, 4) is 5.75 Å². The Bertz CT molecular complexity index is 335. The van der Waals surface area contributed by atoms with Crippen LogP contribution < -0.4 is 10.1 Å². The highest BCUT2D eigenvalue weighted by Crippen LogP contribution is 2.12. The Morgan fingerprint density at radius 1 is 1.29 bits per heavy atom. The van der Waals surface area contributed by atoms with Gasteiger partial charge in [0, 0.05) is 0 Å². The monoisotopic (exact) mass is 237 g/mol. The van der Waals surface area contributed by atoms with E-state index in [0.29, 0.717) is 12.4 Å². The number of nitrogens with one attached hydrogen (secondary N) is 1. The van der Waals surface area contributed by atoms with Gasteiger partial charge in [0.1, 0.15) is 5.75 Å². The molecule has 0 fully saturated rings. The standard InChI is InChI=1S/C13H19NO3/c1-3-16-13(15)10-17-12-6-4-11(5-7-12)8-9-14-2/h4-7,14H,3,8-10H2,1-2H3. The van der Waals surface area contributed by atoms with Gasteiger partial charge in [0.15, 0.2) is 6.61 Å². The van der Waals surface area contributed by atoms with Crippen molar-refractivity contribution in [3.63, 3.8) is 0 Å². The van der Waals surface area contributed by atoms with Crippen molar-refractivity contribution in [2.45, 2.75) is 13.3 Å². The maximum absolute atomic E-state index is 11.1. The molecule has 1 aromatic rings. The van der Waals surface area contributed by atoms with Gasteiger partial charge in [-0.15, -0.1) is 0 Å². The average molecular weight is 237 g/mol. The number of benzene rings is 1. The summed E-state index contributed by atoms with van der Waals surface area (Å²) in [4.78, 5) is 11.1. The number of ether oxygens (including phenoxy) is 2. The van der Waals surface area contributed by atoms with Crippen LogP contribution in [0.1, 0.15) is 12.5 Å². The van der Waals surface area contributed by atoms with Crippen molar-refractivity contribution in [1.82, 2.24) is 5.32 Å². The van der Waals surface area contributed by atoms with Gasteiger partial charge in [-0.25, -0.2) is 4.79 Å². The van der Waals surface area contributed by atoms with Gasteiger partial charge >= 0.3 is 5.97 Å². The molecule has 0 aliphatic heterocycles. The summed E-state index contributed by atoms with van der Waals surface area (Å²) < 4.78 is 10.1. The van der Waals surface area contributed by atoms with Gasteiger partial charge in [0.25, 0.3) is 0 Å². The molecule has 0 spiro atoms. The molecule has 0 amide bonds. The number of hydrogen-bond donors (Lipinski definition) is 1. The maximum Gasteiger partial charge on any atom is 0.344 e. The lowest BCUT2D eigenvalue weighted by Gasteiger charge is -2.06. The summed E-state index contributed by atoms with van der Waals surface area (Å²) in [6, 6.07) is 7.73. The maximum atomic E-state index is 11.1. The number of esters is 1. The third-order valence-corrected chi connectivity index (χ3v) is 2.25. The van der Waals surface area contributed by atoms with Crippen LogP contribution >= 0.6 is 0 Å². The minimum absolute atomic E-state index is 0.0380. The Labute approximate surface area is 102 Å². The van der Waals surface area contributed by atoms with Gasteiger partial charge in [-0.2, -0.15) is 0 Å². The molecule has 0 radical (unpaired) electrons. The van der Waals surface area contributed by atoms with Gasteiger partial charge in [0.2, 0.25) is 0 Å².